The lowest BCUT2D eigenvalue weighted by molar-refractivity contribution is -0.136. The second-order valence-electron chi connectivity index (χ2n) is 4.81. The van der Waals surface area contributed by atoms with Crippen LogP contribution in [0.1, 0.15) is 31.4 Å². The van der Waals surface area contributed by atoms with Crippen molar-refractivity contribution in [1.82, 2.24) is 4.90 Å². The summed E-state index contributed by atoms with van der Waals surface area (Å²) in [5.41, 5.74) is 1.99. The molecule has 0 amide bonds. The van der Waals surface area contributed by atoms with Crippen molar-refractivity contribution in [3.8, 4) is 0 Å². The summed E-state index contributed by atoms with van der Waals surface area (Å²) in [4.78, 5) is 12.9. The molecule has 4 heteroatoms. The molecule has 1 unspecified atom stereocenters. The number of aliphatic hydroxyl groups is 1. The van der Waals surface area contributed by atoms with Gasteiger partial charge in [-0.05, 0) is 31.0 Å². The van der Waals surface area contributed by atoms with Crippen LogP contribution in [0.25, 0.3) is 0 Å². The van der Waals surface area contributed by atoms with Gasteiger partial charge in [0.2, 0.25) is 0 Å². The minimum atomic E-state index is -0.806. The molecule has 2 N–H and O–H groups in total. The van der Waals surface area contributed by atoms with Crippen molar-refractivity contribution in [2.45, 2.75) is 39.3 Å². The van der Waals surface area contributed by atoms with Gasteiger partial charge >= 0.3 is 5.97 Å². The number of nitrogens with zero attached hydrogens (tertiary/aromatic N) is 1. The maximum Gasteiger partial charge on any atom is 0.307 e. The summed E-state index contributed by atoms with van der Waals surface area (Å²) in [5.74, 6) is -0.806. The monoisotopic (exact) mass is 265 g/mol. The van der Waals surface area contributed by atoms with Gasteiger partial charge in [0, 0.05) is 19.2 Å². The Morgan fingerprint density at radius 2 is 1.84 bits per heavy atom. The first-order chi connectivity index (χ1) is 9.06. The number of carbonyl (C=O) groups is 1. The first-order valence-corrected chi connectivity index (χ1v) is 6.71. The Bertz CT molecular complexity index is 389. The predicted octanol–water partition coefficient (Wildman–Crippen LogP) is 1.91. The van der Waals surface area contributed by atoms with E-state index in [1.54, 1.807) is 0 Å². The van der Waals surface area contributed by atoms with Crippen LogP contribution < -0.4 is 0 Å². The number of benzene rings is 1. The predicted molar refractivity (Wildman–Crippen MR) is 75.0 cm³/mol. The Morgan fingerprint density at radius 1 is 1.26 bits per heavy atom. The average Bonchev–Trinajstić information content (AvgIpc) is 2.37. The van der Waals surface area contributed by atoms with Crippen molar-refractivity contribution < 1.29 is 15.0 Å². The molecule has 0 aliphatic heterocycles. The van der Waals surface area contributed by atoms with E-state index in [0.717, 1.165) is 25.1 Å². The molecule has 1 aromatic carbocycles. The Labute approximate surface area is 114 Å². The fraction of sp³-hybridized carbons (Fsp3) is 0.533. The molecule has 1 rings (SSSR count). The van der Waals surface area contributed by atoms with Gasteiger partial charge in [-0.2, -0.15) is 0 Å². The van der Waals surface area contributed by atoms with Gasteiger partial charge in [0.15, 0.2) is 0 Å². The molecule has 0 heterocycles. The van der Waals surface area contributed by atoms with Gasteiger partial charge in [0.1, 0.15) is 0 Å². The number of hydrogen-bond donors (Lipinski definition) is 2. The summed E-state index contributed by atoms with van der Waals surface area (Å²) >= 11 is 0. The van der Waals surface area contributed by atoms with E-state index in [1.165, 1.54) is 5.56 Å². The zero-order valence-electron chi connectivity index (χ0n) is 11.7. The lowest BCUT2D eigenvalue weighted by atomic mass is 10.1. The molecule has 0 saturated heterocycles. The Hall–Kier alpha value is -1.39. The molecule has 1 atom stereocenters. The van der Waals surface area contributed by atoms with E-state index in [9.17, 15) is 4.79 Å². The van der Waals surface area contributed by atoms with Gasteiger partial charge in [-0.1, -0.05) is 31.2 Å². The van der Waals surface area contributed by atoms with E-state index in [4.69, 9.17) is 10.2 Å². The summed E-state index contributed by atoms with van der Waals surface area (Å²) < 4.78 is 0. The molecule has 4 nitrogen and oxygen atoms in total. The third kappa shape index (κ3) is 5.41. The van der Waals surface area contributed by atoms with Gasteiger partial charge < -0.3 is 10.2 Å². The normalized spacial score (nSPS) is 12.6. The minimum absolute atomic E-state index is 0.0681. The van der Waals surface area contributed by atoms with Crippen LogP contribution in [0.3, 0.4) is 0 Å². The van der Waals surface area contributed by atoms with Crippen LogP contribution in [0.15, 0.2) is 24.3 Å². The highest BCUT2D eigenvalue weighted by Crippen LogP contribution is 2.12. The standard InChI is InChI=1S/C15H23NO3/c1-3-16(12(2)8-9-17)11-14-6-4-13(5-7-14)10-15(18)19/h4-7,12,17H,3,8-11H2,1-2H3,(H,18,19). The SMILES string of the molecule is CCN(Cc1ccc(CC(=O)O)cc1)C(C)CCO. The minimum Gasteiger partial charge on any atom is -0.481 e. The van der Waals surface area contributed by atoms with Crippen LogP contribution in [-0.4, -0.2) is 40.3 Å². The first-order valence-electron chi connectivity index (χ1n) is 6.71. The molecule has 1 aromatic rings. The molecule has 0 aromatic heterocycles. The van der Waals surface area contributed by atoms with E-state index in [1.807, 2.05) is 24.3 Å². The maximum absolute atomic E-state index is 10.6. The fourth-order valence-corrected chi connectivity index (χ4v) is 2.12. The molecular weight excluding hydrogens is 242 g/mol. The number of carboxylic acid groups (broad SMARTS) is 1. The van der Waals surface area contributed by atoms with Crippen molar-refractivity contribution >= 4 is 5.97 Å². The molecule has 0 bridgehead atoms. The molecule has 0 spiro atoms. The number of carboxylic acids is 1. The van der Waals surface area contributed by atoms with Crippen LogP contribution >= 0.6 is 0 Å². The Morgan fingerprint density at radius 3 is 2.32 bits per heavy atom. The lowest BCUT2D eigenvalue weighted by Gasteiger charge is -2.27. The Kier molecular flexibility index (Phi) is 6.53. The molecule has 0 radical (unpaired) electrons. The molecule has 0 aliphatic carbocycles. The van der Waals surface area contributed by atoms with Crippen molar-refractivity contribution in [2.24, 2.45) is 0 Å². The molecule has 0 fully saturated rings. The highest BCUT2D eigenvalue weighted by molar-refractivity contribution is 5.70. The molecule has 0 aliphatic rings. The van der Waals surface area contributed by atoms with Crippen LogP contribution in [0.2, 0.25) is 0 Å². The summed E-state index contributed by atoms with van der Waals surface area (Å²) in [5, 5.41) is 17.7. The van der Waals surface area contributed by atoms with Gasteiger partial charge in [0.05, 0.1) is 6.42 Å². The third-order valence-corrected chi connectivity index (χ3v) is 3.34. The number of hydrogen-bond acceptors (Lipinski definition) is 3. The maximum atomic E-state index is 10.6. The zero-order chi connectivity index (χ0) is 14.3. The van der Waals surface area contributed by atoms with Crippen LogP contribution in [0.4, 0.5) is 0 Å². The smallest absolute Gasteiger partial charge is 0.307 e. The third-order valence-electron chi connectivity index (χ3n) is 3.34. The summed E-state index contributed by atoms with van der Waals surface area (Å²) in [6, 6.07) is 8.04. The number of rotatable bonds is 8. The second kappa shape index (κ2) is 7.92. The van der Waals surface area contributed by atoms with Crippen molar-refractivity contribution in [3.63, 3.8) is 0 Å². The van der Waals surface area contributed by atoms with Gasteiger partial charge in [-0.3, -0.25) is 9.69 Å². The lowest BCUT2D eigenvalue weighted by Crippen LogP contribution is -2.33. The zero-order valence-corrected chi connectivity index (χ0v) is 11.7. The second-order valence-corrected chi connectivity index (χ2v) is 4.81. The van der Waals surface area contributed by atoms with Crippen LogP contribution in [0.5, 0.6) is 0 Å². The highest BCUT2D eigenvalue weighted by Gasteiger charge is 2.11. The van der Waals surface area contributed by atoms with Gasteiger partial charge in [-0.25, -0.2) is 0 Å². The number of aliphatic hydroxyl groups excluding tert-OH is 1. The van der Waals surface area contributed by atoms with Gasteiger partial charge in [0.25, 0.3) is 0 Å². The Balaban J connectivity index is 2.62. The number of aliphatic carboxylic acids is 1. The van der Waals surface area contributed by atoms with Crippen LogP contribution in [0, 0.1) is 0 Å². The largest absolute Gasteiger partial charge is 0.481 e. The highest BCUT2D eigenvalue weighted by atomic mass is 16.4. The van der Waals surface area contributed by atoms with Crippen LogP contribution in [-0.2, 0) is 17.8 Å². The van der Waals surface area contributed by atoms with E-state index < -0.39 is 5.97 Å². The summed E-state index contributed by atoms with van der Waals surface area (Å²) in [6.07, 6.45) is 0.837. The summed E-state index contributed by atoms with van der Waals surface area (Å²) in [7, 11) is 0. The molecule has 0 saturated carbocycles. The fourth-order valence-electron chi connectivity index (χ4n) is 2.12. The van der Waals surface area contributed by atoms with E-state index in [2.05, 4.69) is 18.7 Å². The van der Waals surface area contributed by atoms with Crippen molar-refractivity contribution in [1.29, 1.82) is 0 Å². The average molecular weight is 265 g/mol. The summed E-state index contributed by atoms with van der Waals surface area (Å²) in [6.45, 7) is 6.17. The topological polar surface area (TPSA) is 60.8 Å². The van der Waals surface area contributed by atoms with E-state index in [-0.39, 0.29) is 13.0 Å². The van der Waals surface area contributed by atoms with Crippen molar-refractivity contribution in [2.75, 3.05) is 13.2 Å². The van der Waals surface area contributed by atoms with Crippen molar-refractivity contribution in [3.05, 3.63) is 35.4 Å². The quantitative estimate of drug-likeness (QED) is 0.753. The molecular formula is C15H23NO3. The molecule has 19 heavy (non-hydrogen) atoms. The first kappa shape index (κ1) is 15.7. The molecule has 106 valence electrons. The van der Waals surface area contributed by atoms with Gasteiger partial charge in [-0.15, -0.1) is 0 Å². The van der Waals surface area contributed by atoms with E-state index in [0.29, 0.717) is 6.04 Å². The van der Waals surface area contributed by atoms with E-state index >= 15 is 0 Å².